The van der Waals surface area contributed by atoms with E-state index in [2.05, 4.69) is 20.0 Å². The van der Waals surface area contributed by atoms with Crippen molar-refractivity contribution in [1.82, 2.24) is 0 Å². The Labute approximate surface area is 110 Å². The molecule has 0 rings (SSSR count). The van der Waals surface area contributed by atoms with Gasteiger partial charge in [0.25, 0.3) is 0 Å². The minimum absolute atomic E-state index is 0.246. The van der Waals surface area contributed by atoms with E-state index in [9.17, 15) is 0 Å². The molecule has 0 fully saturated rings. The number of rotatable bonds is 11. The van der Waals surface area contributed by atoms with Crippen LogP contribution < -0.4 is 0 Å². The van der Waals surface area contributed by atoms with Gasteiger partial charge in [-0.2, -0.15) is 0 Å². The first kappa shape index (κ1) is 16.8. The molecule has 0 aromatic rings. The van der Waals surface area contributed by atoms with Gasteiger partial charge in [-0.05, 0) is 12.6 Å². The molecule has 0 aromatic carbocycles. The van der Waals surface area contributed by atoms with Gasteiger partial charge in [-0.15, -0.1) is 0 Å². The highest BCUT2D eigenvalue weighted by atomic mass is 29.2. The molecule has 0 aliphatic rings. The molecule has 16 heavy (non-hydrogen) atoms. The van der Waals surface area contributed by atoms with Crippen LogP contribution in [0, 0.1) is 0 Å². The zero-order chi connectivity index (χ0) is 12.2. The van der Waals surface area contributed by atoms with Crippen LogP contribution in [0.25, 0.3) is 0 Å². The van der Waals surface area contributed by atoms with Crippen LogP contribution in [0.3, 0.4) is 0 Å². The Hall–Kier alpha value is 0.788. The van der Waals surface area contributed by atoms with E-state index in [1.54, 1.807) is 0 Å². The summed E-state index contributed by atoms with van der Waals surface area (Å²) in [5.41, 5.74) is 0. The van der Waals surface area contributed by atoms with Gasteiger partial charge in [-0.1, -0.05) is 52.0 Å². The monoisotopic (exact) mass is 294 g/mol. The van der Waals surface area contributed by atoms with E-state index in [0.717, 1.165) is 10.5 Å². The molecule has 0 saturated carbocycles. The van der Waals surface area contributed by atoms with Crippen molar-refractivity contribution >= 4 is 37.4 Å². The van der Waals surface area contributed by atoms with Crippen LogP contribution in [0.5, 0.6) is 0 Å². The maximum atomic E-state index is 6.06. The molecule has 0 spiro atoms. The van der Waals surface area contributed by atoms with Crippen LogP contribution in [0.1, 0.15) is 45.4 Å². The molecule has 0 N–H and O–H groups in total. The molecule has 98 valence electrons. The standard InChI is InChI=1S/C10H30O2Si4/c1-4-5-6-7-8-9-10-15(2)12-14-16(3)11-13/h15-16H,4-10,14H2,1-3,13H3. The molecule has 0 aromatic heterocycles. The van der Waals surface area contributed by atoms with Crippen LogP contribution in [-0.2, 0) is 8.23 Å². The van der Waals surface area contributed by atoms with Crippen LogP contribution in [0.4, 0.5) is 0 Å². The van der Waals surface area contributed by atoms with Crippen LogP contribution in [0.15, 0.2) is 0 Å². The van der Waals surface area contributed by atoms with E-state index in [1.165, 1.54) is 44.6 Å². The van der Waals surface area contributed by atoms with Gasteiger partial charge in [-0.3, -0.25) is 0 Å². The summed E-state index contributed by atoms with van der Waals surface area (Å²) in [6, 6.07) is 1.39. The quantitative estimate of drug-likeness (QED) is 0.417. The molecule has 0 aliphatic heterocycles. The lowest BCUT2D eigenvalue weighted by molar-refractivity contribution is 0.584. The van der Waals surface area contributed by atoms with E-state index >= 15 is 0 Å². The topological polar surface area (TPSA) is 18.5 Å². The Balaban J connectivity index is 3.20. The van der Waals surface area contributed by atoms with Crippen LogP contribution in [-0.4, -0.2) is 37.4 Å². The fourth-order valence-electron chi connectivity index (χ4n) is 1.66. The molecular formula is C10H30O2Si4. The highest BCUT2D eigenvalue weighted by Gasteiger charge is 2.08. The molecule has 0 amide bonds. The molecule has 6 heteroatoms. The maximum absolute atomic E-state index is 6.06. The Morgan fingerprint density at radius 2 is 1.69 bits per heavy atom. The first-order valence-electron chi connectivity index (χ1n) is 6.85. The van der Waals surface area contributed by atoms with Crippen LogP contribution >= 0.6 is 0 Å². The lowest BCUT2D eigenvalue weighted by Gasteiger charge is -2.14. The molecule has 0 saturated heterocycles. The molecular weight excluding hydrogens is 264 g/mol. The summed E-state index contributed by atoms with van der Waals surface area (Å²) in [4.78, 5) is 0. The summed E-state index contributed by atoms with van der Waals surface area (Å²) in [5, 5.41) is 0. The summed E-state index contributed by atoms with van der Waals surface area (Å²) in [5.74, 6) is 0. The number of hydrogen-bond acceptors (Lipinski definition) is 2. The second-order valence-electron chi connectivity index (χ2n) is 4.75. The highest BCUT2D eigenvalue weighted by Crippen LogP contribution is 2.09. The minimum Gasteiger partial charge on any atom is -0.466 e. The lowest BCUT2D eigenvalue weighted by atomic mass is 10.1. The third-order valence-electron chi connectivity index (χ3n) is 2.98. The Kier molecular flexibility index (Phi) is 12.9. The third kappa shape index (κ3) is 11.3. The second-order valence-corrected chi connectivity index (χ2v) is 16.6. The average Bonchev–Trinajstić information content (AvgIpc) is 2.30. The van der Waals surface area contributed by atoms with Gasteiger partial charge >= 0.3 is 0 Å². The van der Waals surface area contributed by atoms with Gasteiger partial charge in [0.15, 0.2) is 26.9 Å². The van der Waals surface area contributed by atoms with Crippen molar-refractivity contribution in [2.24, 2.45) is 0 Å². The van der Waals surface area contributed by atoms with E-state index in [4.69, 9.17) is 8.23 Å². The smallest absolute Gasteiger partial charge is 0.170 e. The average molecular weight is 295 g/mol. The first-order valence-corrected chi connectivity index (χ1v) is 15.6. The van der Waals surface area contributed by atoms with Gasteiger partial charge in [0.05, 0.1) is 0 Å². The fraction of sp³-hybridized carbons (Fsp3) is 1.00. The van der Waals surface area contributed by atoms with Crippen molar-refractivity contribution in [2.75, 3.05) is 0 Å². The Morgan fingerprint density at radius 1 is 1.06 bits per heavy atom. The van der Waals surface area contributed by atoms with Crippen molar-refractivity contribution in [3.05, 3.63) is 0 Å². The summed E-state index contributed by atoms with van der Waals surface area (Å²) >= 11 is 0. The molecule has 2 nitrogen and oxygen atoms in total. The first-order chi connectivity index (χ1) is 7.70. The van der Waals surface area contributed by atoms with Crippen molar-refractivity contribution in [3.8, 4) is 0 Å². The highest BCUT2D eigenvalue weighted by molar-refractivity contribution is 7.08. The number of unbranched alkanes of at least 4 members (excludes halogenated alkanes) is 5. The molecule has 2 unspecified atom stereocenters. The van der Waals surface area contributed by atoms with Crippen molar-refractivity contribution in [3.63, 3.8) is 0 Å². The molecule has 0 heterocycles. The van der Waals surface area contributed by atoms with E-state index in [-0.39, 0.29) is 9.28 Å². The predicted molar refractivity (Wildman–Crippen MR) is 84.9 cm³/mol. The SMILES string of the molecule is CCCCCCCC[SiH](C)O[SiH2][SiH](C)O[SiH3]. The fourth-order valence-corrected chi connectivity index (χ4v) is 12.8. The van der Waals surface area contributed by atoms with Crippen LogP contribution in [0.2, 0.25) is 19.1 Å². The van der Waals surface area contributed by atoms with Gasteiger partial charge in [0, 0.05) is 0 Å². The molecule has 0 bridgehead atoms. The van der Waals surface area contributed by atoms with Gasteiger partial charge < -0.3 is 8.23 Å². The summed E-state index contributed by atoms with van der Waals surface area (Å²) in [7, 11) is -0.908. The Morgan fingerprint density at radius 3 is 2.31 bits per heavy atom. The van der Waals surface area contributed by atoms with Crippen molar-refractivity contribution in [2.45, 2.75) is 64.6 Å². The normalized spacial score (nSPS) is 15.9. The summed E-state index contributed by atoms with van der Waals surface area (Å²) in [6.07, 6.45) is 8.46. The van der Waals surface area contributed by atoms with Gasteiger partial charge in [-0.25, -0.2) is 0 Å². The third-order valence-corrected chi connectivity index (χ3v) is 17.1. The second kappa shape index (κ2) is 12.2. The van der Waals surface area contributed by atoms with E-state index in [0.29, 0.717) is 0 Å². The summed E-state index contributed by atoms with van der Waals surface area (Å²) < 4.78 is 11.6. The molecule has 2 atom stereocenters. The van der Waals surface area contributed by atoms with Gasteiger partial charge in [0.2, 0.25) is 0 Å². The largest absolute Gasteiger partial charge is 0.466 e. The summed E-state index contributed by atoms with van der Waals surface area (Å²) in [6.45, 7) is 6.94. The Bertz CT molecular complexity index is 149. The van der Waals surface area contributed by atoms with E-state index in [1.807, 2.05) is 0 Å². The van der Waals surface area contributed by atoms with Crippen molar-refractivity contribution < 1.29 is 8.23 Å². The maximum Gasteiger partial charge on any atom is 0.170 e. The molecule has 0 aliphatic carbocycles. The van der Waals surface area contributed by atoms with E-state index < -0.39 is 17.6 Å². The zero-order valence-corrected chi connectivity index (χ0v) is 17.4. The van der Waals surface area contributed by atoms with Crippen molar-refractivity contribution in [1.29, 1.82) is 0 Å². The minimum atomic E-state index is -0.799. The van der Waals surface area contributed by atoms with Gasteiger partial charge in [0.1, 0.15) is 10.5 Å². The molecule has 0 radical (unpaired) electrons. The predicted octanol–water partition coefficient (Wildman–Crippen LogP) is 0.948. The number of hydrogen-bond donors (Lipinski definition) is 0. The lowest BCUT2D eigenvalue weighted by Crippen LogP contribution is -2.29. The zero-order valence-electron chi connectivity index (χ0n) is 11.6.